The normalized spacial score (nSPS) is 12.0. The van der Waals surface area contributed by atoms with Crippen LogP contribution in [-0.4, -0.2) is 31.8 Å². The van der Waals surface area contributed by atoms with E-state index in [1.165, 1.54) is 6.20 Å². The Bertz CT molecular complexity index is 1120. The Morgan fingerprint density at radius 3 is 2.03 bits per heavy atom. The zero-order valence-electron chi connectivity index (χ0n) is 21.6. The number of rotatable bonds is 6. The van der Waals surface area contributed by atoms with E-state index < -0.39 is 30.1 Å². The first-order valence-electron chi connectivity index (χ1n) is 11.3. The molecular formula is C25H30F5IrN6. The predicted molar refractivity (Wildman–Crippen MR) is 128 cm³/mol. The summed E-state index contributed by atoms with van der Waals surface area (Å²) in [5, 5.41) is 12.0. The molecule has 0 N–H and O–H groups in total. The van der Waals surface area contributed by atoms with E-state index in [-0.39, 0.29) is 43.2 Å². The van der Waals surface area contributed by atoms with Gasteiger partial charge in [0, 0.05) is 12.4 Å². The van der Waals surface area contributed by atoms with Gasteiger partial charge in [0.25, 0.3) is 0 Å². The largest absolute Gasteiger partial charge is 3.00 e. The predicted octanol–water partition coefficient (Wildman–Crippen LogP) is 7.44. The van der Waals surface area contributed by atoms with Gasteiger partial charge in [-0.15, -0.1) is 24.4 Å². The molecule has 3 aromatic rings. The Hall–Kier alpha value is -2.27. The molecule has 0 amide bonds. The average molecular weight is 702 g/mol. The maximum absolute atomic E-state index is 13.5. The number of nitrogens with zero attached hydrogens (tertiary/aromatic N) is 6. The second kappa shape index (κ2) is 13.5. The van der Waals surface area contributed by atoms with Crippen LogP contribution in [-0.2, 0) is 31.7 Å². The molecule has 37 heavy (non-hydrogen) atoms. The average Bonchev–Trinajstić information content (AvgIpc) is 3.23. The van der Waals surface area contributed by atoms with Gasteiger partial charge in [0.05, 0.1) is 0 Å². The molecule has 0 fully saturated rings. The summed E-state index contributed by atoms with van der Waals surface area (Å²) in [6.07, 6.45) is -2.29. The third-order valence-electron chi connectivity index (χ3n) is 4.63. The Kier molecular flexibility index (Phi) is 12.0. The third kappa shape index (κ3) is 10.2. The van der Waals surface area contributed by atoms with Crippen molar-refractivity contribution >= 4 is 0 Å². The van der Waals surface area contributed by atoms with Gasteiger partial charge in [0.2, 0.25) is 0 Å². The Balaban J connectivity index is 0.000000360. The van der Waals surface area contributed by atoms with Crippen molar-refractivity contribution in [2.75, 3.05) is 0 Å². The summed E-state index contributed by atoms with van der Waals surface area (Å²) in [6, 6.07) is 8.04. The van der Waals surface area contributed by atoms with Crippen molar-refractivity contribution in [3.05, 3.63) is 76.5 Å². The number of hydrogen-bond donors (Lipinski definition) is 0. The van der Waals surface area contributed by atoms with Crippen LogP contribution in [0.15, 0.2) is 36.7 Å². The molecule has 0 saturated heterocycles. The monoisotopic (exact) mass is 702 g/mol. The zero-order valence-corrected chi connectivity index (χ0v) is 24.0. The Morgan fingerprint density at radius 1 is 0.973 bits per heavy atom. The van der Waals surface area contributed by atoms with Crippen molar-refractivity contribution in [2.24, 2.45) is 0 Å². The number of aromatic nitrogens is 4. The first kappa shape index (κ1) is 32.8. The summed E-state index contributed by atoms with van der Waals surface area (Å²) in [5.74, 6) is -1.78. The molecule has 0 aliphatic carbocycles. The van der Waals surface area contributed by atoms with Crippen molar-refractivity contribution in [2.45, 2.75) is 78.4 Å². The molecule has 0 unspecified atom stereocenters. The number of hydrogen-bond acceptors (Lipinski definition) is 3. The van der Waals surface area contributed by atoms with Crippen molar-refractivity contribution in [3.8, 4) is 11.3 Å². The van der Waals surface area contributed by atoms with Crippen LogP contribution in [0.3, 0.4) is 0 Å². The molecule has 12 heteroatoms. The van der Waals surface area contributed by atoms with E-state index >= 15 is 0 Å². The molecule has 0 spiro atoms. The molecule has 3 heterocycles. The van der Waals surface area contributed by atoms with Crippen LogP contribution in [0.5, 0.6) is 0 Å². The second-order valence-corrected chi connectivity index (χ2v) is 9.58. The van der Waals surface area contributed by atoms with Crippen molar-refractivity contribution in [1.82, 2.24) is 19.7 Å². The molecule has 0 radical (unpaired) electrons. The van der Waals surface area contributed by atoms with Gasteiger partial charge in [-0.1, -0.05) is 66.2 Å². The van der Waals surface area contributed by atoms with Gasteiger partial charge in [0.1, 0.15) is 11.9 Å². The standard InChI is InChI=1S/C14H13F2N2.C11H17F3N4.Ir/c1-14(2,3)9-6-7-17-11(8-9)10-4-5-12(15)18-13(10)16;1-7(2)15-10(16-8(3)4)18-6-5-9(17-18)11(12,13)14;/h5-8H,1-3H3;5-8,10H,1-4H3;/q-1;-2;+3. The Morgan fingerprint density at radius 2 is 1.57 bits per heavy atom. The summed E-state index contributed by atoms with van der Waals surface area (Å²) in [6.45, 7) is 13.5. The van der Waals surface area contributed by atoms with E-state index in [0.29, 0.717) is 5.69 Å². The first-order valence-corrected chi connectivity index (χ1v) is 11.3. The minimum absolute atomic E-state index is 0. The molecule has 0 atom stereocenters. The summed E-state index contributed by atoms with van der Waals surface area (Å²) in [5.41, 5.74) is 0.520. The van der Waals surface area contributed by atoms with Gasteiger partial charge in [-0.05, 0) is 28.8 Å². The van der Waals surface area contributed by atoms with Crippen LogP contribution >= 0.6 is 0 Å². The van der Waals surface area contributed by atoms with Gasteiger partial charge in [0.15, 0.2) is 5.69 Å². The van der Waals surface area contributed by atoms with Crippen molar-refractivity contribution in [1.29, 1.82) is 0 Å². The number of pyridine rings is 2. The molecule has 0 saturated carbocycles. The van der Waals surface area contributed by atoms with E-state index in [9.17, 15) is 22.0 Å². The molecule has 0 aliphatic heterocycles. The molecule has 0 aromatic carbocycles. The van der Waals surface area contributed by atoms with Gasteiger partial charge in [-0.3, -0.25) is 4.98 Å². The summed E-state index contributed by atoms with van der Waals surface area (Å²) < 4.78 is 64.8. The number of alkyl halides is 3. The minimum atomic E-state index is -4.44. The first-order chi connectivity index (χ1) is 16.6. The van der Waals surface area contributed by atoms with Crippen molar-refractivity contribution < 1.29 is 42.1 Å². The summed E-state index contributed by atoms with van der Waals surface area (Å²) >= 11 is 0. The van der Waals surface area contributed by atoms with Crippen molar-refractivity contribution in [3.63, 3.8) is 0 Å². The van der Waals surface area contributed by atoms with Crippen LogP contribution < -0.4 is 0 Å². The third-order valence-corrected chi connectivity index (χ3v) is 4.63. The zero-order chi connectivity index (χ0) is 27.3. The van der Waals surface area contributed by atoms with E-state index in [2.05, 4.69) is 52.5 Å². The molecule has 6 nitrogen and oxygen atoms in total. The molecule has 204 valence electrons. The maximum atomic E-state index is 13.5. The quantitative estimate of drug-likeness (QED) is 0.153. The molecule has 3 rings (SSSR count). The smallest absolute Gasteiger partial charge is 0.657 e. The summed E-state index contributed by atoms with van der Waals surface area (Å²) in [4.78, 5) is 7.22. The van der Waals surface area contributed by atoms with Crippen LogP contribution in [0.2, 0.25) is 0 Å². The fourth-order valence-electron chi connectivity index (χ4n) is 2.91. The van der Waals surface area contributed by atoms with Crippen LogP contribution in [0.25, 0.3) is 21.9 Å². The molecular weight excluding hydrogens is 672 g/mol. The minimum Gasteiger partial charge on any atom is -0.657 e. The van der Waals surface area contributed by atoms with Gasteiger partial charge in [-0.2, -0.15) is 18.3 Å². The number of halogens is 5. The van der Waals surface area contributed by atoms with Gasteiger partial charge >= 0.3 is 26.3 Å². The maximum Gasteiger partial charge on any atom is 3.00 e. The SMILES string of the molecule is CC(C)(C)c1ccnc(-c2[c-]cc(F)nc2F)c1.CC(C)[N-]C([N-]C(C)C)n1ccc(C(F)(F)F)n1.[Ir+3]. The van der Waals surface area contributed by atoms with Crippen LogP contribution in [0.1, 0.15) is 66.0 Å². The Labute approximate surface area is 227 Å². The fourth-order valence-corrected chi connectivity index (χ4v) is 2.91. The van der Waals surface area contributed by atoms with Crippen LogP contribution in [0, 0.1) is 18.0 Å². The van der Waals surface area contributed by atoms with Gasteiger partial charge < -0.3 is 20.3 Å². The summed E-state index contributed by atoms with van der Waals surface area (Å²) in [7, 11) is 0. The van der Waals surface area contributed by atoms with E-state index in [0.717, 1.165) is 22.4 Å². The van der Waals surface area contributed by atoms with E-state index in [1.54, 1.807) is 12.3 Å². The molecule has 0 aliphatic rings. The fraction of sp³-hybridized carbons (Fsp3) is 0.480. The molecule has 0 bridgehead atoms. The topological polar surface area (TPSA) is 71.8 Å². The van der Waals surface area contributed by atoms with E-state index in [1.807, 2.05) is 33.8 Å². The van der Waals surface area contributed by atoms with Crippen LogP contribution in [0.4, 0.5) is 22.0 Å². The molecule has 3 aromatic heterocycles. The van der Waals surface area contributed by atoms with E-state index in [4.69, 9.17) is 0 Å². The van der Waals surface area contributed by atoms with Gasteiger partial charge in [-0.25, -0.2) is 8.78 Å². The second-order valence-electron chi connectivity index (χ2n) is 9.58.